The lowest BCUT2D eigenvalue weighted by Gasteiger charge is -2.26. The molecule has 4 heteroatoms. The van der Waals surface area contributed by atoms with Crippen LogP contribution in [0.5, 0.6) is 0 Å². The molecular weight excluding hydrogens is 230 g/mol. The zero-order valence-electron chi connectivity index (χ0n) is 10.8. The molecule has 1 rings (SSSR count). The van der Waals surface area contributed by atoms with E-state index in [0.717, 1.165) is 31.6 Å². The fraction of sp³-hybridized carbons (Fsp3) is 0.615. The van der Waals surface area contributed by atoms with Gasteiger partial charge in [-0.25, -0.2) is 0 Å². The largest absolute Gasteiger partial charge is 0.329 e. The summed E-state index contributed by atoms with van der Waals surface area (Å²) in [6.07, 6.45) is 6.15. The Morgan fingerprint density at radius 3 is 2.88 bits per heavy atom. The van der Waals surface area contributed by atoms with Crippen molar-refractivity contribution in [2.45, 2.75) is 18.9 Å². The Balaban J connectivity index is 2.34. The lowest BCUT2D eigenvalue weighted by Crippen LogP contribution is -2.39. The van der Waals surface area contributed by atoms with Crippen LogP contribution in [0.2, 0.25) is 0 Å². The molecule has 0 aliphatic carbocycles. The molecule has 1 atom stereocenters. The molecule has 1 aromatic heterocycles. The third-order valence-corrected chi connectivity index (χ3v) is 3.64. The van der Waals surface area contributed by atoms with Crippen molar-refractivity contribution in [3.8, 4) is 0 Å². The van der Waals surface area contributed by atoms with Crippen molar-refractivity contribution in [3.63, 3.8) is 0 Å². The first-order chi connectivity index (χ1) is 8.27. The minimum absolute atomic E-state index is 0.492. The maximum absolute atomic E-state index is 5.82. The Morgan fingerprint density at radius 2 is 2.29 bits per heavy atom. The Kier molecular flexibility index (Phi) is 7.24. The standard InChI is InChI=1S/C13H23N3S/c1-16(13(11-14)7-10-17-2)9-6-12-5-3-4-8-15-12/h3-5,8,13H,6-7,9-11,14H2,1-2H3. The third kappa shape index (κ3) is 5.52. The number of nitrogens with zero attached hydrogens (tertiary/aromatic N) is 2. The molecule has 0 aliphatic heterocycles. The van der Waals surface area contributed by atoms with Crippen molar-refractivity contribution >= 4 is 11.8 Å². The molecule has 2 N–H and O–H groups in total. The van der Waals surface area contributed by atoms with Gasteiger partial charge in [-0.2, -0.15) is 11.8 Å². The van der Waals surface area contributed by atoms with Crippen molar-refractivity contribution < 1.29 is 0 Å². The van der Waals surface area contributed by atoms with Crippen molar-refractivity contribution in [1.82, 2.24) is 9.88 Å². The van der Waals surface area contributed by atoms with Crippen LogP contribution < -0.4 is 5.73 Å². The van der Waals surface area contributed by atoms with Gasteiger partial charge in [-0.3, -0.25) is 4.98 Å². The molecule has 0 aliphatic rings. The second-order valence-corrected chi connectivity index (χ2v) is 5.21. The van der Waals surface area contributed by atoms with Gasteiger partial charge in [0.15, 0.2) is 0 Å². The summed E-state index contributed by atoms with van der Waals surface area (Å²) in [5.41, 5.74) is 6.97. The number of hydrogen-bond acceptors (Lipinski definition) is 4. The monoisotopic (exact) mass is 253 g/mol. The molecule has 3 nitrogen and oxygen atoms in total. The highest BCUT2D eigenvalue weighted by Crippen LogP contribution is 2.06. The lowest BCUT2D eigenvalue weighted by molar-refractivity contribution is 0.244. The predicted molar refractivity (Wildman–Crippen MR) is 76.4 cm³/mol. The Labute approximate surface area is 109 Å². The van der Waals surface area contributed by atoms with Crippen molar-refractivity contribution in [2.75, 3.05) is 32.1 Å². The SMILES string of the molecule is CSCCC(CN)N(C)CCc1ccccn1. The van der Waals surface area contributed by atoms with Gasteiger partial charge in [0.25, 0.3) is 0 Å². The predicted octanol–water partition coefficient (Wildman–Crippen LogP) is 1.64. The van der Waals surface area contributed by atoms with Gasteiger partial charge < -0.3 is 10.6 Å². The van der Waals surface area contributed by atoms with Crippen LogP contribution in [-0.2, 0) is 6.42 Å². The average molecular weight is 253 g/mol. The van der Waals surface area contributed by atoms with E-state index in [2.05, 4.69) is 29.3 Å². The van der Waals surface area contributed by atoms with E-state index in [4.69, 9.17) is 5.73 Å². The lowest BCUT2D eigenvalue weighted by atomic mass is 10.2. The molecule has 96 valence electrons. The highest BCUT2D eigenvalue weighted by Gasteiger charge is 2.12. The van der Waals surface area contributed by atoms with Crippen LogP contribution in [0.4, 0.5) is 0 Å². The Bertz CT molecular complexity index is 292. The summed E-state index contributed by atoms with van der Waals surface area (Å²) in [4.78, 5) is 6.69. The van der Waals surface area contributed by atoms with Gasteiger partial charge in [-0.05, 0) is 37.6 Å². The fourth-order valence-electron chi connectivity index (χ4n) is 1.79. The molecule has 17 heavy (non-hydrogen) atoms. The van der Waals surface area contributed by atoms with E-state index in [-0.39, 0.29) is 0 Å². The van der Waals surface area contributed by atoms with Crippen LogP contribution in [0.3, 0.4) is 0 Å². The number of nitrogens with two attached hydrogens (primary N) is 1. The molecule has 1 unspecified atom stereocenters. The summed E-state index contributed by atoms with van der Waals surface area (Å²) in [7, 11) is 2.15. The molecule has 0 spiro atoms. The number of pyridine rings is 1. The summed E-state index contributed by atoms with van der Waals surface area (Å²) in [5.74, 6) is 1.18. The van der Waals surface area contributed by atoms with E-state index in [1.54, 1.807) is 0 Å². The zero-order valence-corrected chi connectivity index (χ0v) is 11.6. The van der Waals surface area contributed by atoms with Gasteiger partial charge in [0.05, 0.1) is 0 Å². The number of hydrogen-bond donors (Lipinski definition) is 1. The molecule has 0 bridgehead atoms. The minimum Gasteiger partial charge on any atom is -0.329 e. The smallest absolute Gasteiger partial charge is 0.0416 e. The third-order valence-electron chi connectivity index (χ3n) is 3.00. The first-order valence-corrected chi connectivity index (χ1v) is 7.46. The summed E-state index contributed by atoms with van der Waals surface area (Å²) >= 11 is 1.88. The molecular formula is C13H23N3S. The van der Waals surface area contributed by atoms with E-state index >= 15 is 0 Å². The summed E-state index contributed by atoms with van der Waals surface area (Å²) in [5, 5.41) is 0. The first-order valence-electron chi connectivity index (χ1n) is 6.07. The highest BCUT2D eigenvalue weighted by atomic mass is 32.2. The maximum Gasteiger partial charge on any atom is 0.0416 e. The minimum atomic E-state index is 0.492. The molecule has 0 saturated heterocycles. The number of thioether (sulfide) groups is 1. The molecule has 0 saturated carbocycles. The Morgan fingerprint density at radius 1 is 1.47 bits per heavy atom. The van der Waals surface area contributed by atoms with E-state index in [1.165, 1.54) is 5.75 Å². The van der Waals surface area contributed by atoms with Gasteiger partial charge in [0, 0.05) is 37.4 Å². The maximum atomic E-state index is 5.82. The quantitative estimate of drug-likeness (QED) is 0.765. The van der Waals surface area contributed by atoms with Crippen LogP contribution in [0.1, 0.15) is 12.1 Å². The van der Waals surface area contributed by atoms with Crippen LogP contribution in [0.15, 0.2) is 24.4 Å². The van der Waals surface area contributed by atoms with Gasteiger partial charge in [0.1, 0.15) is 0 Å². The van der Waals surface area contributed by atoms with Crippen molar-refractivity contribution in [2.24, 2.45) is 5.73 Å². The molecule has 0 radical (unpaired) electrons. The van der Waals surface area contributed by atoms with Gasteiger partial charge in [0.2, 0.25) is 0 Å². The van der Waals surface area contributed by atoms with Gasteiger partial charge >= 0.3 is 0 Å². The normalized spacial score (nSPS) is 12.9. The molecule has 0 fully saturated rings. The van der Waals surface area contributed by atoms with Gasteiger partial charge in [-0.15, -0.1) is 0 Å². The Hall–Kier alpha value is -0.580. The van der Waals surface area contributed by atoms with Crippen molar-refractivity contribution in [1.29, 1.82) is 0 Å². The second kappa shape index (κ2) is 8.50. The van der Waals surface area contributed by atoms with Crippen LogP contribution in [0, 0.1) is 0 Å². The van der Waals surface area contributed by atoms with Crippen molar-refractivity contribution in [3.05, 3.63) is 30.1 Å². The van der Waals surface area contributed by atoms with E-state index in [9.17, 15) is 0 Å². The molecule has 0 amide bonds. The zero-order chi connectivity index (χ0) is 12.5. The van der Waals surface area contributed by atoms with E-state index in [0.29, 0.717) is 6.04 Å². The topological polar surface area (TPSA) is 42.1 Å². The number of rotatable bonds is 8. The van der Waals surface area contributed by atoms with Crippen LogP contribution in [-0.4, -0.2) is 48.1 Å². The summed E-state index contributed by atoms with van der Waals surface area (Å²) in [6.45, 7) is 1.76. The molecule has 0 aromatic carbocycles. The van der Waals surface area contributed by atoms with E-state index < -0.39 is 0 Å². The molecule has 1 aromatic rings. The van der Waals surface area contributed by atoms with E-state index in [1.807, 2.05) is 30.1 Å². The molecule has 1 heterocycles. The number of likely N-dealkylation sites (N-methyl/N-ethyl adjacent to an activating group) is 1. The highest BCUT2D eigenvalue weighted by molar-refractivity contribution is 7.98. The van der Waals surface area contributed by atoms with Crippen LogP contribution >= 0.6 is 11.8 Å². The fourth-order valence-corrected chi connectivity index (χ4v) is 2.30. The second-order valence-electron chi connectivity index (χ2n) is 4.22. The first kappa shape index (κ1) is 14.5. The number of aromatic nitrogens is 1. The summed E-state index contributed by atoms with van der Waals surface area (Å²) < 4.78 is 0. The average Bonchev–Trinajstić information content (AvgIpc) is 2.38. The summed E-state index contributed by atoms with van der Waals surface area (Å²) in [6, 6.07) is 6.56. The van der Waals surface area contributed by atoms with Gasteiger partial charge in [-0.1, -0.05) is 6.07 Å². The van der Waals surface area contributed by atoms with Crippen LogP contribution in [0.25, 0.3) is 0 Å².